The molecule has 1 rings (SSSR count). The quantitative estimate of drug-likeness (QED) is 0.689. The van der Waals surface area contributed by atoms with E-state index in [2.05, 4.69) is 31.4 Å². The lowest BCUT2D eigenvalue weighted by molar-refractivity contribution is -0.117. The Kier molecular flexibility index (Phi) is 7.75. The first-order valence-electron chi connectivity index (χ1n) is 8.19. The second kappa shape index (κ2) is 9.30. The van der Waals surface area contributed by atoms with E-state index in [1.54, 1.807) is 24.3 Å². The summed E-state index contributed by atoms with van der Waals surface area (Å²) >= 11 is 0. The molecule has 2 amide bonds. The summed E-state index contributed by atoms with van der Waals surface area (Å²) < 4.78 is 0. The Balaban J connectivity index is 2.59. The van der Waals surface area contributed by atoms with Crippen LogP contribution in [0.4, 0.5) is 5.69 Å². The highest BCUT2D eigenvalue weighted by molar-refractivity contribution is 5.96. The van der Waals surface area contributed by atoms with Gasteiger partial charge < -0.3 is 15.7 Å². The first-order chi connectivity index (χ1) is 10.9. The predicted octanol–water partition coefficient (Wildman–Crippen LogP) is 2.81. The molecule has 2 atom stereocenters. The third-order valence-electron chi connectivity index (χ3n) is 4.12. The second-order valence-electron chi connectivity index (χ2n) is 6.31. The van der Waals surface area contributed by atoms with Crippen LogP contribution in [0.2, 0.25) is 0 Å². The Morgan fingerprint density at radius 3 is 2.22 bits per heavy atom. The number of hydrogen-bond acceptors (Lipinski definition) is 3. The van der Waals surface area contributed by atoms with E-state index >= 15 is 0 Å². The smallest absolute Gasteiger partial charge is 0.251 e. The van der Waals surface area contributed by atoms with Crippen LogP contribution >= 0.6 is 0 Å². The summed E-state index contributed by atoms with van der Waals surface area (Å²) in [6, 6.07) is 6.53. The van der Waals surface area contributed by atoms with Gasteiger partial charge in [0, 0.05) is 17.7 Å². The molecule has 2 unspecified atom stereocenters. The molecule has 0 spiro atoms. The van der Waals surface area contributed by atoms with Gasteiger partial charge in [-0.3, -0.25) is 9.59 Å². The van der Waals surface area contributed by atoms with Gasteiger partial charge in [-0.25, -0.2) is 0 Å². The second-order valence-corrected chi connectivity index (χ2v) is 6.31. The predicted molar refractivity (Wildman–Crippen MR) is 92.3 cm³/mol. The number of rotatable bonds is 8. The van der Waals surface area contributed by atoms with Crippen molar-refractivity contribution in [2.75, 3.05) is 11.9 Å². The highest BCUT2D eigenvalue weighted by Gasteiger charge is 2.14. The molecule has 1 aromatic rings. The summed E-state index contributed by atoms with van der Waals surface area (Å²) in [5.74, 6) is 0.543. The first kappa shape index (κ1) is 19.2. The largest absolute Gasteiger partial charge is 0.394 e. The Morgan fingerprint density at radius 2 is 1.74 bits per heavy atom. The lowest BCUT2D eigenvalue weighted by atomic mass is 9.94. The number of aliphatic hydroxyl groups excluding tert-OH is 1. The summed E-state index contributed by atoms with van der Waals surface area (Å²) in [4.78, 5) is 24.0. The number of aliphatic hydroxyl groups is 1. The molecule has 0 aliphatic heterocycles. The van der Waals surface area contributed by atoms with Crippen molar-refractivity contribution in [3.8, 4) is 0 Å². The number of nitrogens with one attached hydrogen (secondary N) is 2. The maximum atomic E-state index is 12.0. The molecule has 0 radical (unpaired) electrons. The fraction of sp³-hybridized carbons (Fsp3) is 0.556. The van der Waals surface area contributed by atoms with Gasteiger partial charge in [0.1, 0.15) is 0 Å². The maximum absolute atomic E-state index is 12.0. The average Bonchev–Trinajstić information content (AvgIpc) is 2.52. The Hall–Kier alpha value is -1.88. The van der Waals surface area contributed by atoms with Gasteiger partial charge in [0.25, 0.3) is 5.91 Å². The fourth-order valence-corrected chi connectivity index (χ4v) is 1.99. The van der Waals surface area contributed by atoms with Gasteiger partial charge in [-0.1, -0.05) is 27.7 Å². The summed E-state index contributed by atoms with van der Waals surface area (Å²) in [5.41, 5.74) is 1.18. The molecule has 3 N–H and O–H groups in total. The summed E-state index contributed by atoms with van der Waals surface area (Å²) in [6.07, 6.45) is 1.15. The standard InChI is InChI=1S/C18H28N2O3/c1-5-15(11-21)20-18(23)14-6-8-16(9-7-14)19-17(22)10-13(4)12(2)3/h6-9,12-13,15,21H,5,10-11H2,1-4H3,(H,19,22)(H,20,23). The van der Waals surface area contributed by atoms with E-state index < -0.39 is 0 Å². The van der Waals surface area contributed by atoms with E-state index in [4.69, 9.17) is 5.11 Å². The highest BCUT2D eigenvalue weighted by Crippen LogP contribution is 2.16. The third kappa shape index (κ3) is 6.40. The van der Waals surface area contributed by atoms with Crippen LogP contribution in [-0.2, 0) is 4.79 Å². The van der Waals surface area contributed by atoms with Crippen LogP contribution in [0.3, 0.4) is 0 Å². The topological polar surface area (TPSA) is 78.4 Å². The summed E-state index contributed by atoms with van der Waals surface area (Å²) in [6.45, 7) is 8.08. The van der Waals surface area contributed by atoms with E-state index in [9.17, 15) is 9.59 Å². The van der Waals surface area contributed by atoms with Crippen LogP contribution < -0.4 is 10.6 Å². The average molecular weight is 320 g/mol. The van der Waals surface area contributed by atoms with Gasteiger partial charge in [-0.15, -0.1) is 0 Å². The molecule has 5 nitrogen and oxygen atoms in total. The minimum absolute atomic E-state index is 0.0188. The van der Waals surface area contributed by atoms with Crippen molar-refractivity contribution in [3.05, 3.63) is 29.8 Å². The molecule has 0 aliphatic carbocycles. The molecule has 0 aromatic heterocycles. The number of benzene rings is 1. The number of carbonyl (C=O) groups is 2. The lowest BCUT2D eigenvalue weighted by Gasteiger charge is -2.15. The lowest BCUT2D eigenvalue weighted by Crippen LogP contribution is -2.36. The number of carbonyl (C=O) groups excluding carboxylic acids is 2. The van der Waals surface area contributed by atoms with Gasteiger partial charge >= 0.3 is 0 Å². The minimum Gasteiger partial charge on any atom is -0.394 e. The minimum atomic E-state index is -0.237. The van der Waals surface area contributed by atoms with E-state index in [0.29, 0.717) is 35.9 Å². The van der Waals surface area contributed by atoms with Crippen molar-refractivity contribution < 1.29 is 14.7 Å². The van der Waals surface area contributed by atoms with Gasteiger partial charge in [0.05, 0.1) is 12.6 Å². The highest BCUT2D eigenvalue weighted by atomic mass is 16.3. The number of amides is 2. The molecular formula is C18H28N2O3. The molecule has 1 aromatic carbocycles. The first-order valence-corrected chi connectivity index (χ1v) is 8.19. The van der Waals surface area contributed by atoms with E-state index in [1.807, 2.05) is 6.92 Å². The molecule has 0 saturated carbocycles. The molecule has 0 saturated heterocycles. The Morgan fingerprint density at radius 1 is 1.13 bits per heavy atom. The van der Waals surface area contributed by atoms with Crippen LogP contribution in [-0.4, -0.2) is 29.6 Å². The van der Waals surface area contributed by atoms with Crippen LogP contribution in [0, 0.1) is 11.8 Å². The van der Waals surface area contributed by atoms with Crippen molar-refractivity contribution in [3.63, 3.8) is 0 Å². The molecule has 5 heteroatoms. The van der Waals surface area contributed by atoms with Crippen molar-refractivity contribution in [2.45, 2.75) is 46.6 Å². The van der Waals surface area contributed by atoms with Gasteiger partial charge in [-0.2, -0.15) is 0 Å². The molecule has 0 aliphatic rings. The Labute approximate surface area is 138 Å². The molecule has 23 heavy (non-hydrogen) atoms. The SMILES string of the molecule is CCC(CO)NC(=O)c1ccc(NC(=O)CC(C)C(C)C)cc1. The zero-order chi connectivity index (χ0) is 17.4. The number of hydrogen-bond donors (Lipinski definition) is 3. The molecule has 0 fully saturated rings. The van der Waals surface area contributed by atoms with Gasteiger partial charge in [0.15, 0.2) is 0 Å². The third-order valence-corrected chi connectivity index (χ3v) is 4.12. The van der Waals surface area contributed by atoms with E-state index in [1.165, 1.54) is 0 Å². The molecule has 0 bridgehead atoms. The van der Waals surface area contributed by atoms with Crippen molar-refractivity contribution >= 4 is 17.5 Å². The monoisotopic (exact) mass is 320 g/mol. The van der Waals surface area contributed by atoms with Crippen molar-refractivity contribution in [1.29, 1.82) is 0 Å². The zero-order valence-corrected chi connectivity index (χ0v) is 14.4. The maximum Gasteiger partial charge on any atom is 0.251 e. The molecule has 128 valence electrons. The van der Waals surface area contributed by atoms with E-state index in [-0.39, 0.29) is 24.5 Å². The van der Waals surface area contributed by atoms with E-state index in [0.717, 1.165) is 0 Å². The summed E-state index contributed by atoms with van der Waals surface area (Å²) in [7, 11) is 0. The Bertz CT molecular complexity index is 508. The van der Waals surface area contributed by atoms with Crippen LogP contribution in [0.25, 0.3) is 0 Å². The summed E-state index contributed by atoms with van der Waals surface area (Å²) in [5, 5.41) is 14.7. The van der Waals surface area contributed by atoms with Crippen molar-refractivity contribution in [1.82, 2.24) is 5.32 Å². The molecular weight excluding hydrogens is 292 g/mol. The molecule has 0 heterocycles. The van der Waals surface area contributed by atoms with Gasteiger partial charge in [0.2, 0.25) is 5.91 Å². The number of anilines is 1. The normalized spacial score (nSPS) is 13.5. The van der Waals surface area contributed by atoms with Crippen molar-refractivity contribution in [2.24, 2.45) is 11.8 Å². The fourth-order valence-electron chi connectivity index (χ4n) is 1.99. The van der Waals surface area contributed by atoms with Crippen LogP contribution in [0.15, 0.2) is 24.3 Å². The van der Waals surface area contributed by atoms with Gasteiger partial charge in [-0.05, 0) is 42.5 Å². The van der Waals surface area contributed by atoms with Crippen LogP contribution in [0.5, 0.6) is 0 Å². The van der Waals surface area contributed by atoms with Crippen LogP contribution in [0.1, 0.15) is 50.9 Å². The zero-order valence-electron chi connectivity index (χ0n) is 14.4.